The number of hydrogen-bond acceptors (Lipinski definition) is 4. The zero-order valence-electron chi connectivity index (χ0n) is 15.9. The monoisotopic (exact) mass is 365 g/mol. The first-order valence-electron chi connectivity index (χ1n) is 8.99. The average Bonchev–Trinajstić information content (AvgIpc) is 3.33. The number of carbonyl (C=O) groups is 1. The number of aromatic nitrogens is 4. The molecule has 0 radical (unpaired) electrons. The molecule has 1 N–H and O–H groups in total. The molecule has 0 spiro atoms. The highest BCUT2D eigenvalue weighted by Gasteiger charge is 2.20. The fourth-order valence-corrected chi connectivity index (χ4v) is 3.07. The first kappa shape index (κ1) is 17.3. The maximum absolute atomic E-state index is 11.4. The Bertz CT molecular complexity index is 1040. The van der Waals surface area contributed by atoms with Crippen LogP contribution in [0.15, 0.2) is 48.6 Å². The van der Waals surface area contributed by atoms with Gasteiger partial charge in [-0.05, 0) is 45.4 Å². The van der Waals surface area contributed by atoms with Crippen molar-refractivity contribution >= 4 is 11.4 Å². The van der Waals surface area contributed by atoms with Crippen molar-refractivity contribution in [3.05, 3.63) is 48.6 Å². The van der Waals surface area contributed by atoms with Gasteiger partial charge in [0.05, 0.1) is 17.9 Å². The van der Waals surface area contributed by atoms with Crippen molar-refractivity contribution in [1.29, 1.82) is 0 Å². The molecule has 0 saturated carbocycles. The second-order valence-electron chi connectivity index (χ2n) is 7.80. The van der Waals surface area contributed by atoms with Crippen molar-refractivity contribution in [3.8, 4) is 16.9 Å². The normalized spacial score (nSPS) is 15.7. The lowest BCUT2D eigenvalue weighted by Gasteiger charge is -2.19. The lowest BCUT2D eigenvalue weighted by Crippen LogP contribution is -2.21. The summed E-state index contributed by atoms with van der Waals surface area (Å²) in [6.45, 7) is 8.81. The van der Waals surface area contributed by atoms with Gasteiger partial charge in [0.25, 0.3) is 0 Å². The van der Waals surface area contributed by atoms with E-state index in [4.69, 9.17) is 4.74 Å². The minimum Gasteiger partial charge on any atom is -0.484 e. The van der Waals surface area contributed by atoms with E-state index < -0.39 is 0 Å². The molecule has 0 fully saturated rings. The third kappa shape index (κ3) is 3.32. The van der Waals surface area contributed by atoms with Gasteiger partial charge in [0.1, 0.15) is 17.4 Å². The van der Waals surface area contributed by atoms with Gasteiger partial charge in [0.15, 0.2) is 0 Å². The van der Waals surface area contributed by atoms with Crippen LogP contribution in [0.2, 0.25) is 0 Å². The summed E-state index contributed by atoms with van der Waals surface area (Å²) in [5.74, 6) is 0.652. The number of hydrogen-bond donors (Lipinski definition) is 1. The van der Waals surface area contributed by atoms with Crippen molar-refractivity contribution in [3.63, 3.8) is 0 Å². The number of nitrogens with zero attached hydrogens (tertiary/aromatic N) is 4. The molecule has 0 bridgehead atoms. The summed E-state index contributed by atoms with van der Waals surface area (Å²) in [7, 11) is 0. The highest BCUT2D eigenvalue weighted by molar-refractivity contribution is 5.91. The maximum atomic E-state index is 11.4. The van der Waals surface area contributed by atoms with Crippen molar-refractivity contribution < 1.29 is 9.53 Å². The molecule has 7 nitrogen and oxygen atoms in total. The summed E-state index contributed by atoms with van der Waals surface area (Å²) >= 11 is 0. The quantitative estimate of drug-likeness (QED) is 0.772. The van der Waals surface area contributed by atoms with Crippen LogP contribution in [0.5, 0.6) is 5.75 Å². The van der Waals surface area contributed by atoms with Crippen LogP contribution >= 0.6 is 0 Å². The Morgan fingerprint density at radius 2 is 2.04 bits per heavy atom. The Labute approximate surface area is 157 Å². The number of pyridine rings is 1. The van der Waals surface area contributed by atoms with E-state index in [-0.39, 0.29) is 17.6 Å². The summed E-state index contributed by atoms with van der Waals surface area (Å²) in [5, 5.41) is 11.6. The Morgan fingerprint density at radius 3 is 2.70 bits per heavy atom. The molecule has 0 unspecified atom stereocenters. The van der Waals surface area contributed by atoms with Crippen LogP contribution in [0.25, 0.3) is 16.6 Å². The van der Waals surface area contributed by atoms with Gasteiger partial charge >= 0.3 is 0 Å². The molecule has 3 aromatic heterocycles. The second-order valence-corrected chi connectivity index (χ2v) is 7.80. The SMILES string of the molecule is C[C@@H](Oc1cc(-c2cnn(C(C)(C)C)c2)cn2nccc12)C1=CC(=O)NC1. The van der Waals surface area contributed by atoms with Crippen molar-refractivity contribution in [1.82, 2.24) is 24.7 Å². The molecule has 1 aliphatic heterocycles. The van der Waals surface area contributed by atoms with Gasteiger partial charge in [0.2, 0.25) is 5.91 Å². The standard InChI is InChI=1S/C20H23N5O2/c1-13(14-8-19(26)21-9-14)27-18-7-15(11-24-17(18)5-6-22-24)16-10-23-25(12-16)20(2,3)4/h5-8,10-13H,9H2,1-4H3,(H,21,26)/t13-/m1/s1. The highest BCUT2D eigenvalue weighted by atomic mass is 16.5. The Balaban J connectivity index is 1.71. The number of carbonyl (C=O) groups excluding carboxylic acids is 1. The van der Waals surface area contributed by atoms with Gasteiger partial charge in [-0.1, -0.05) is 0 Å². The number of nitrogens with one attached hydrogen (secondary N) is 1. The summed E-state index contributed by atoms with van der Waals surface area (Å²) in [4.78, 5) is 11.4. The number of ether oxygens (including phenoxy) is 1. The van der Waals surface area contributed by atoms with Crippen LogP contribution < -0.4 is 10.1 Å². The minimum atomic E-state index is -0.213. The highest BCUT2D eigenvalue weighted by Crippen LogP contribution is 2.30. The van der Waals surface area contributed by atoms with Crippen LogP contribution in [0.4, 0.5) is 0 Å². The summed E-state index contributed by atoms with van der Waals surface area (Å²) in [5.41, 5.74) is 3.70. The molecule has 27 heavy (non-hydrogen) atoms. The summed E-state index contributed by atoms with van der Waals surface area (Å²) in [6.07, 6.45) is 8.99. The first-order chi connectivity index (χ1) is 12.8. The van der Waals surface area contributed by atoms with Gasteiger partial charge in [-0.3, -0.25) is 9.48 Å². The molecule has 4 heterocycles. The van der Waals surface area contributed by atoms with E-state index in [0.717, 1.165) is 28.0 Å². The lowest BCUT2D eigenvalue weighted by molar-refractivity contribution is -0.115. The lowest BCUT2D eigenvalue weighted by atomic mass is 10.1. The summed E-state index contributed by atoms with van der Waals surface area (Å²) in [6, 6.07) is 3.92. The minimum absolute atomic E-state index is 0.0710. The number of rotatable bonds is 4. The van der Waals surface area contributed by atoms with E-state index in [0.29, 0.717) is 6.54 Å². The predicted octanol–water partition coefficient (Wildman–Crippen LogP) is 2.78. The van der Waals surface area contributed by atoms with Crippen LogP contribution in [0.1, 0.15) is 27.7 Å². The Hall–Kier alpha value is -3.09. The molecule has 7 heteroatoms. The fraction of sp³-hybridized carbons (Fsp3) is 0.350. The zero-order valence-corrected chi connectivity index (χ0v) is 15.9. The van der Waals surface area contributed by atoms with Crippen molar-refractivity contribution in [2.75, 3.05) is 6.54 Å². The molecule has 3 aromatic rings. The van der Waals surface area contributed by atoms with E-state index >= 15 is 0 Å². The third-order valence-electron chi connectivity index (χ3n) is 4.68. The number of amides is 1. The third-order valence-corrected chi connectivity index (χ3v) is 4.68. The predicted molar refractivity (Wildman–Crippen MR) is 103 cm³/mol. The van der Waals surface area contributed by atoms with Crippen LogP contribution in [-0.2, 0) is 10.3 Å². The molecule has 1 aliphatic rings. The smallest absolute Gasteiger partial charge is 0.244 e. The van der Waals surface area contributed by atoms with Crippen molar-refractivity contribution in [2.45, 2.75) is 39.3 Å². The topological polar surface area (TPSA) is 73.5 Å². The molecule has 0 aliphatic carbocycles. The molecule has 140 valence electrons. The zero-order chi connectivity index (χ0) is 19.2. The molecular formula is C20H23N5O2. The molecule has 0 saturated heterocycles. The Kier molecular flexibility index (Phi) is 4.02. The van der Waals surface area contributed by atoms with Crippen LogP contribution in [-0.4, -0.2) is 38.0 Å². The second kappa shape index (κ2) is 6.26. The van der Waals surface area contributed by atoms with Crippen molar-refractivity contribution in [2.24, 2.45) is 0 Å². The molecule has 4 rings (SSSR count). The maximum Gasteiger partial charge on any atom is 0.244 e. The van der Waals surface area contributed by atoms with E-state index in [9.17, 15) is 4.79 Å². The van der Waals surface area contributed by atoms with Crippen LogP contribution in [0, 0.1) is 0 Å². The molecular weight excluding hydrogens is 342 g/mol. The average molecular weight is 365 g/mol. The molecule has 0 aromatic carbocycles. The number of fused-ring (bicyclic) bond motifs is 1. The van der Waals surface area contributed by atoms with Crippen LogP contribution in [0.3, 0.4) is 0 Å². The fourth-order valence-electron chi connectivity index (χ4n) is 3.07. The van der Waals surface area contributed by atoms with E-state index in [1.165, 1.54) is 0 Å². The van der Waals surface area contributed by atoms with Gasteiger partial charge in [-0.15, -0.1) is 0 Å². The molecule has 1 atom stereocenters. The van der Waals surface area contributed by atoms with E-state index in [2.05, 4.69) is 36.3 Å². The first-order valence-corrected chi connectivity index (χ1v) is 8.99. The van der Waals surface area contributed by atoms with Gasteiger partial charge in [-0.25, -0.2) is 4.52 Å². The largest absolute Gasteiger partial charge is 0.484 e. The molecule has 1 amide bonds. The Morgan fingerprint density at radius 1 is 1.22 bits per heavy atom. The summed E-state index contributed by atoms with van der Waals surface area (Å²) < 4.78 is 9.95. The van der Waals surface area contributed by atoms with E-state index in [1.54, 1.807) is 16.8 Å². The van der Waals surface area contributed by atoms with Gasteiger partial charge in [-0.2, -0.15) is 10.2 Å². The van der Waals surface area contributed by atoms with E-state index in [1.807, 2.05) is 42.3 Å². The van der Waals surface area contributed by atoms with Gasteiger partial charge < -0.3 is 10.1 Å². The van der Waals surface area contributed by atoms with Gasteiger partial charge in [0, 0.05) is 36.1 Å².